The van der Waals surface area contributed by atoms with Crippen LogP contribution < -0.4 is 4.74 Å². The number of benzene rings is 1. The predicted octanol–water partition coefficient (Wildman–Crippen LogP) is 3.44. The summed E-state index contributed by atoms with van der Waals surface area (Å²) >= 11 is 1.25. The fraction of sp³-hybridized carbons (Fsp3) is 0.167. The van der Waals surface area contributed by atoms with E-state index in [-0.39, 0.29) is 6.61 Å². The van der Waals surface area contributed by atoms with Gasteiger partial charge in [-0.25, -0.2) is 9.78 Å². The van der Waals surface area contributed by atoms with Crippen molar-refractivity contribution in [2.45, 2.75) is 12.8 Å². The van der Waals surface area contributed by atoms with Crippen molar-refractivity contribution in [3.8, 4) is 5.75 Å². The Morgan fingerprint density at radius 1 is 1.40 bits per heavy atom. The van der Waals surface area contributed by atoms with Crippen LogP contribution in [0.25, 0.3) is 0 Å². The minimum Gasteiger partial charge on any atom is -0.486 e. The lowest BCUT2D eigenvalue weighted by atomic mass is 10.1. The summed E-state index contributed by atoms with van der Waals surface area (Å²) in [6.07, 6.45) is -3.18. The minimum absolute atomic E-state index is 0.104. The van der Waals surface area contributed by atoms with Crippen molar-refractivity contribution in [3.05, 3.63) is 45.9 Å². The Hall–Kier alpha value is -2.09. The second-order valence-corrected chi connectivity index (χ2v) is 4.71. The molecule has 0 radical (unpaired) electrons. The number of aromatic nitrogens is 1. The molecule has 0 aliphatic carbocycles. The Morgan fingerprint density at radius 2 is 2.15 bits per heavy atom. The van der Waals surface area contributed by atoms with Crippen molar-refractivity contribution in [3.63, 3.8) is 0 Å². The van der Waals surface area contributed by atoms with Crippen molar-refractivity contribution in [2.75, 3.05) is 0 Å². The molecule has 0 unspecified atom stereocenters. The van der Waals surface area contributed by atoms with Gasteiger partial charge in [0, 0.05) is 11.6 Å². The first kappa shape index (κ1) is 14.3. The largest absolute Gasteiger partial charge is 0.486 e. The molecule has 0 spiro atoms. The van der Waals surface area contributed by atoms with Gasteiger partial charge in [-0.3, -0.25) is 0 Å². The summed E-state index contributed by atoms with van der Waals surface area (Å²) in [5, 5.41) is 10.9. The van der Waals surface area contributed by atoms with Crippen molar-refractivity contribution in [2.24, 2.45) is 0 Å². The maximum absolute atomic E-state index is 12.9. The molecular formula is C12H8F3NO3S. The highest BCUT2D eigenvalue weighted by Crippen LogP contribution is 2.37. The number of thiazole rings is 1. The molecule has 1 aromatic carbocycles. The molecule has 1 heterocycles. The summed E-state index contributed by atoms with van der Waals surface area (Å²) in [6.45, 7) is -0.104. The predicted molar refractivity (Wildman–Crippen MR) is 64.8 cm³/mol. The summed E-state index contributed by atoms with van der Waals surface area (Å²) in [4.78, 5) is 14.6. The van der Waals surface area contributed by atoms with E-state index in [0.29, 0.717) is 11.1 Å². The second-order valence-electron chi connectivity index (χ2n) is 3.73. The van der Waals surface area contributed by atoms with Crippen LogP contribution in [0, 0.1) is 0 Å². The molecule has 0 amide bonds. The first-order valence-electron chi connectivity index (χ1n) is 5.33. The minimum atomic E-state index is -4.69. The fourth-order valence-electron chi connectivity index (χ4n) is 1.47. The van der Waals surface area contributed by atoms with Crippen LogP contribution in [0.5, 0.6) is 5.75 Å². The first-order chi connectivity index (χ1) is 9.38. The number of aromatic carboxylic acids is 1. The van der Waals surface area contributed by atoms with Crippen LogP contribution in [-0.4, -0.2) is 16.1 Å². The lowest BCUT2D eigenvalue weighted by Crippen LogP contribution is -2.10. The van der Waals surface area contributed by atoms with Gasteiger partial charge in [-0.15, -0.1) is 11.3 Å². The summed E-state index contributed by atoms with van der Waals surface area (Å²) in [5.41, 5.74) is -1.56. The first-order valence-corrected chi connectivity index (χ1v) is 6.21. The molecule has 1 N–H and O–H groups in total. The van der Waals surface area contributed by atoms with E-state index in [0.717, 1.165) is 12.1 Å². The van der Waals surface area contributed by atoms with Gasteiger partial charge in [0.05, 0.1) is 11.1 Å². The van der Waals surface area contributed by atoms with Gasteiger partial charge in [0.1, 0.15) is 17.4 Å². The third-order valence-corrected chi connectivity index (χ3v) is 3.12. The highest BCUT2D eigenvalue weighted by atomic mass is 32.1. The Morgan fingerprint density at radius 3 is 2.70 bits per heavy atom. The zero-order valence-electron chi connectivity index (χ0n) is 9.85. The SMILES string of the molecule is O=C(O)c1ccc(OCc2nccs2)c(C(F)(F)F)c1. The molecule has 0 saturated carbocycles. The summed E-state index contributed by atoms with van der Waals surface area (Å²) in [7, 11) is 0. The smallest absolute Gasteiger partial charge is 0.419 e. The molecule has 106 valence electrons. The van der Waals surface area contributed by atoms with E-state index in [1.165, 1.54) is 17.5 Å². The van der Waals surface area contributed by atoms with Gasteiger partial charge in [-0.2, -0.15) is 13.2 Å². The van der Waals surface area contributed by atoms with Crippen molar-refractivity contribution < 1.29 is 27.8 Å². The number of hydrogen-bond acceptors (Lipinski definition) is 4. The third-order valence-electron chi connectivity index (χ3n) is 2.37. The number of alkyl halides is 3. The van der Waals surface area contributed by atoms with Crippen molar-refractivity contribution >= 4 is 17.3 Å². The number of carbonyl (C=O) groups is 1. The molecule has 20 heavy (non-hydrogen) atoms. The molecule has 0 saturated heterocycles. The summed E-state index contributed by atoms with van der Waals surface area (Å²) in [6, 6.07) is 2.62. The number of halogens is 3. The van der Waals surface area contributed by atoms with E-state index >= 15 is 0 Å². The number of ether oxygens (including phenoxy) is 1. The van der Waals surface area contributed by atoms with Gasteiger partial charge in [0.25, 0.3) is 0 Å². The van der Waals surface area contributed by atoms with Crippen LogP contribution in [-0.2, 0) is 12.8 Å². The van der Waals surface area contributed by atoms with Crippen LogP contribution >= 0.6 is 11.3 Å². The molecule has 4 nitrogen and oxygen atoms in total. The zero-order chi connectivity index (χ0) is 14.8. The number of nitrogens with zero attached hydrogens (tertiary/aromatic N) is 1. The van der Waals surface area contributed by atoms with Gasteiger partial charge in [-0.05, 0) is 18.2 Å². The average molecular weight is 303 g/mol. The second kappa shape index (κ2) is 5.49. The maximum Gasteiger partial charge on any atom is 0.419 e. The highest BCUT2D eigenvalue weighted by Gasteiger charge is 2.35. The number of hydrogen-bond donors (Lipinski definition) is 1. The van der Waals surface area contributed by atoms with Crippen LogP contribution in [0.4, 0.5) is 13.2 Å². The Labute approximate surface area is 115 Å². The third kappa shape index (κ3) is 3.27. The van der Waals surface area contributed by atoms with Crippen molar-refractivity contribution in [1.29, 1.82) is 0 Å². The van der Waals surface area contributed by atoms with Crippen LogP contribution in [0.1, 0.15) is 20.9 Å². The monoisotopic (exact) mass is 303 g/mol. The van der Waals surface area contributed by atoms with E-state index in [4.69, 9.17) is 9.84 Å². The van der Waals surface area contributed by atoms with Crippen molar-refractivity contribution in [1.82, 2.24) is 4.98 Å². The summed E-state index contributed by atoms with van der Waals surface area (Å²) < 4.78 is 43.7. The number of carboxylic acid groups (broad SMARTS) is 1. The van der Waals surface area contributed by atoms with Gasteiger partial charge in [-0.1, -0.05) is 0 Å². The standard InChI is InChI=1S/C12H8F3NO3S/c13-12(14,15)8-5-7(11(17)18)1-2-9(8)19-6-10-16-3-4-20-10/h1-5H,6H2,(H,17,18). The van der Waals surface area contributed by atoms with E-state index in [9.17, 15) is 18.0 Å². The molecule has 2 aromatic rings. The van der Waals surface area contributed by atoms with Crippen LogP contribution in [0.2, 0.25) is 0 Å². The van der Waals surface area contributed by atoms with E-state index < -0.39 is 29.0 Å². The van der Waals surface area contributed by atoms with E-state index in [1.54, 1.807) is 5.38 Å². The van der Waals surface area contributed by atoms with Crippen LogP contribution in [0.15, 0.2) is 29.8 Å². The van der Waals surface area contributed by atoms with Crippen LogP contribution in [0.3, 0.4) is 0 Å². The van der Waals surface area contributed by atoms with Gasteiger partial charge in [0.2, 0.25) is 0 Å². The zero-order valence-corrected chi connectivity index (χ0v) is 10.7. The van der Waals surface area contributed by atoms with E-state index in [2.05, 4.69) is 4.98 Å². The Balaban J connectivity index is 2.29. The average Bonchev–Trinajstić information content (AvgIpc) is 2.88. The Bertz CT molecular complexity index is 611. The maximum atomic E-state index is 12.9. The molecule has 8 heteroatoms. The fourth-order valence-corrected chi connectivity index (χ4v) is 2.00. The quantitative estimate of drug-likeness (QED) is 0.940. The lowest BCUT2D eigenvalue weighted by molar-refractivity contribution is -0.139. The molecular weight excluding hydrogens is 295 g/mol. The molecule has 0 fully saturated rings. The lowest BCUT2D eigenvalue weighted by Gasteiger charge is -2.13. The summed E-state index contributed by atoms with van der Waals surface area (Å²) in [5.74, 6) is -1.85. The van der Waals surface area contributed by atoms with Gasteiger partial charge >= 0.3 is 12.1 Å². The molecule has 0 aliphatic heterocycles. The van der Waals surface area contributed by atoms with Gasteiger partial charge in [0.15, 0.2) is 0 Å². The Kier molecular flexibility index (Phi) is 3.93. The van der Waals surface area contributed by atoms with E-state index in [1.807, 2.05) is 0 Å². The van der Waals surface area contributed by atoms with Gasteiger partial charge < -0.3 is 9.84 Å². The highest BCUT2D eigenvalue weighted by molar-refractivity contribution is 7.09. The molecule has 2 rings (SSSR count). The number of rotatable bonds is 4. The molecule has 0 bridgehead atoms. The molecule has 1 aromatic heterocycles. The topological polar surface area (TPSA) is 59.4 Å². The molecule has 0 aliphatic rings. The molecule has 0 atom stereocenters. The number of carboxylic acids is 1. The normalized spacial score (nSPS) is 11.3.